The lowest BCUT2D eigenvalue weighted by atomic mass is 9.97. The molecule has 0 radical (unpaired) electrons. The fourth-order valence-electron chi connectivity index (χ4n) is 2.82. The highest BCUT2D eigenvalue weighted by molar-refractivity contribution is 6.07. The number of hydrogen-bond donors (Lipinski definition) is 4. The molecule has 0 aliphatic carbocycles. The van der Waals surface area contributed by atoms with E-state index in [1.165, 1.54) is 0 Å². The summed E-state index contributed by atoms with van der Waals surface area (Å²) in [6.45, 7) is 2.97. The number of hydrogen-bond acceptors (Lipinski definition) is 6. The highest BCUT2D eigenvalue weighted by Gasteiger charge is 2.46. The van der Waals surface area contributed by atoms with Crippen LogP contribution in [0.2, 0.25) is 0 Å². The average Bonchev–Trinajstić information content (AvgIpc) is 2.94. The number of imide groups is 1. The van der Waals surface area contributed by atoms with Crippen LogP contribution < -0.4 is 10.1 Å². The Balaban J connectivity index is 2.15. The molecule has 1 aromatic carbocycles. The minimum absolute atomic E-state index is 0.0854. The zero-order valence-electron chi connectivity index (χ0n) is 15.2. The number of aliphatic carboxylic acids is 1. The van der Waals surface area contributed by atoms with Crippen molar-refractivity contribution in [2.24, 2.45) is 5.92 Å². The average molecular weight is 380 g/mol. The summed E-state index contributed by atoms with van der Waals surface area (Å²) in [5.74, 6) is -1.80. The van der Waals surface area contributed by atoms with Gasteiger partial charge in [-0.3, -0.25) is 4.79 Å². The quantitative estimate of drug-likeness (QED) is 0.458. The number of aliphatic hydroxyl groups is 2. The zero-order valence-corrected chi connectivity index (χ0v) is 15.2. The van der Waals surface area contributed by atoms with Crippen molar-refractivity contribution in [2.45, 2.75) is 38.5 Å². The van der Waals surface area contributed by atoms with Gasteiger partial charge in [-0.15, -0.1) is 0 Å². The molecular formula is C18H24N2O7. The van der Waals surface area contributed by atoms with Crippen molar-refractivity contribution in [1.29, 1.82) is 0 Å². The van der Waals surface area contributed by atoms with Gasteiger partial charge in [0, 0.05) is 0 Å². The molecule has 0 aromatic heterocycles. The van der Waals surface area contributed by atoms with Gasteiger partial charge in [0.1, 0.15) is 30.5 Å². The van der Waals surface area contributed by atoms with E-state index in [1.54, 1.807) is 38.1 Å². The molecule has 0 spiro atoms. The lowest BCUT2D eigenvalue weighted by Crippen LogP contribution is -2.48. The number of rotatable bonds is 9. The number of ether oxygens (including phenoxy) is 1. The number of aliphatic hydroxyl groups excluding tert-OH is 2. The number of carboxylic acids is 1. The summed E-state index contributed by atoms with van der Waals surface area (Å²) < 4.78 is 5.29. The predicted octanol–water partition coefficient (Wildman–Crippen LogP) is 0.511. The predicted molar refractivity (Wildman–Crippen MR) is 94.0 cm³/mol. The van der Waals surface area contributed by atoms with Crippen molar-refractivity contribution < 1.29 is 34.4 Å². The van der Waals surface area contributed by atoms with E-state index in [4.69, 9.17) is 9.84 Å². The summed E-state index contributed by atoms with van der Waals surface area (Å²) in [5, 5.41) is 30.0. The molecule has 1 fully saturated rings. The summed E-state index contributed by atoms with van der Waals surface area (Å²) in [6.07, 6.45) is -0.493. The normalized spacial score (nSPS) is 20.1. The van der Waals surface area contributed by atoms with Crippen LogP contribution in [0.4, 0.5) is 4.79 Å². The van der Waals surface area contributed by atoms with Gasteiger partial charge >= 0.3 is 12.0 Å². The van der Waals surface area contributed by atoms with Crippen LogP contribution in [0.15, 0.2) is 24.3 Å². The Morgan fingerprint density at radius 3 is 2.44 bits per heavy atom. The maximum Gasteiger partial charge on any atom is 0.327 e. The van der Waals surface area contributed by atoms with E-state index in [-0.39, 0.29) is 12.5 Å². The highest BCUT2D eigenvalue weighted by atomic mass is 16.5. The van der Waals surface area contributed by atoms with Gasteiger partial charge in [-0.2, -0.15) is 0 Å². The Morgan fingerprint density at radius 2 is 1.93 bits per heavy atom. The smallest absolute Gasteiger partial charge is 0.327 e. The summed E-state index contributed by atoms with van der Waals surface area (Å²) in [6, 6.07) is 3.34. The number of carbonyl (C=O) groups is 3. The first-order chi connectivity index (χ1) is 12.8. The van der Waals surface area contributed by atoms with Crippen molar-refractivity contribution in [3.63, 3.8) is 0 Å². The standard InChI is InChI=1S/C18H24N2O7/c1-3-10(2)15(17(24)25)20-16(23)14(19-18(20)26)11-4-6-13(7-5-11)27-9-12(22)8-21/h4-7,10,12,14-15,21-22H,3,8-9H2,1-2H3,(H,19,26)(H,24,25)/t10-,12+,14+,15-/m0/s1. The van der Waals surface area contributed by atoms with Crippen LogP contribution in [0.3, 0.4) is 0 Å². The summed E-state index contributed by atoms with van der Waals surface area (Å²) in [7, 11) is 0. The third-order valence-corrected chi connectivity index (χ3v) is 4.55. The summed E-state index contributed by atoms with van der Waals surface area (Å²) >= 11 is 0. The van der Waals surface area contributed by atoms with Crippen molar-refractivity contribution in [3.05, 3.63) is 29.8 Å². The molecule has 27 heavy (non-hydrogen) atoms. The van der Waals surface area contributed by atoms with Gasteiger partial charge in [0.2, 0.25) is 0 Å². The van der Waals surface area contributed by atoms with E-state index in [2.05, 4.69) is 5.32 Å². The SMILES string of the molecule is CC[C@H](C)[C@@H](C(=O)O)N1C(=O)N[C@H](c2ccc(OC[C@H](O)CO)cc2)C1=O. The van der Waals surface area contributed by atoms with Crippen LogP contribution in [-0.2, 0) is 9.59 Å². The van der Waals surface area contributed by atoms with Gasteiger partial charge in [0.25, 0.3) is 5.91 Å². The first-order valence-electron chi connectivity index (χ1n) is 8.68. The number of nitrogens with zero attached hydrogens (tertiary/aromatic N) is 1. The monoisotopic (exact) mass is 380 g/mol. The Bertz CT molecular complexity index is 691. The van der Waals surface area contributed by atoms with E-state index in [9.17, 15) is 24.6 Å². The molecule has 9 heteroatoms. The van der Waals surface area contributed by atoms with Gasteiger partial charge in [-0.25, -0.2) is 14.5 Å². The number of amides is 3. The number of benzene rings is 1. The minimum atomic E-state index is -1.23. The van der Waals surface area contributed by atoms with E-state index >= 15 is 0 Å². The lowest BCUT2D eigenvalue weighted by Gasteiger charge is -2.26. The first-order valence-corrected chi connectivity index (χ1v) is 8.68. The molecule has 1 aliphatic heterocycles. The van der Waals surface area contributed by atoms with Crippen LogP contribution in [0.1, 0.15) is 31.9 Å². The maximum absolute atomic E-state index is 12.7. The van der Waals surface area contributed by atoms with E-state index in [1.807, 2.05) is 0 Å². The van der Waals surface area contributed by atoms with Crippen molar-refractivity contribution in [3.8, 4) is 5.75 Å². The molecule has 0 bridgehead atoms. The van der Waals surface area contributed by atoms with Crippen molar-refractivity contribution in [2.75, 3.05) is 13.2 Å². The largest absolute Gasteiger partial charge is 0.491 e. The third kappa shape index (κ3) is 4.55. The topological polar surface area (TPSA) is 136 Å². The Labute approximate surface area is 156 Å². The van der Waals surface area contributed by atoms with Gasteiger partial charge in [0.15, 0.2) is 0 Å². The van der Waals surface area contributed by atoms with Crippen LogP contribution in [0.5, 0.6) is 5.75 Å². The molecule has 2 rings (SSSR count). The molecule has 1 heterocycles. The van der Waals surface area contributed by atoms with Crippen LogP contribution in [-0.4, -0.2) is 63.5 Å². The van der Waals surface area contributed by atoms with Crippen LogP contribution in [0, 0.1) is 5.92 Å². The van der Waals surface area contributed by atoms with Gasteiger partial charge in [0.05, 0.1) is 6.61 Å². The van der Waals surface area contributed by atoms with Crippen LogP contribution in [0.25, 0.3) is 0 Å². The second-order valence-corrected chi connectivity index (χ2v) is 6.48. The van der Waals surface area contributed by atoms with E-state index in [0.29, 0.717) is 17.7 Å². The molecule has 9 nitrogen and oxygen atoms in total. The number of carboxylic acid groups (broad SMARTS) is 1. The fourth-order valence-corrected chi connectivity index (χ4v) is 2.82. The van der Waals surface area contributed by atoms with E-state index < -0.39 is 42.7 Å². The van der Waals surface area contributed by atoms with Crippen molar-refractivity contribution >= 4 is 17.9 Å². The zero-order chi connectivity index (χ0) is 20.1. The molecular weight excluding hydrogens is 356 g/mol. The fraction of sp³-hybridized carbons (Fsp3) is 0.500. The number of nitrogens with one attached hydrogen (secondary N) is 1. The second kappa shape index (κ2) is 8.83. The second-order valence-electron chi connectivity index (χ2n) is 6.48. The molecule has 4 N–H and O–H groups in total. The molecule has 3 amide bonds. The number of carbonyl (C=O) groups excluding carboxylic acids is 2. The first kappa shape index (κ1) is 20.7. The summed E-state index contributed by atoms with van der Waals surface area (Å²) in [4.78, 5) is 37.3. The maximum atomic E-state index is 12.7. The summed E-state index contributed by atoms with van der Waals surface area (Å²) in [5.41, 5.74) is 0.485. The van der Waals surface area contributed by atoms with Gasteiger partial charge in [-0.1, -0.05) is 32.4 Å². The van der Waals surface area contributed by atoms with Crippen LogP contribution >= 0.6 is 0 Å². The molecule has 148 valence electrons. The number of urea groups is 1. The Hall–Kier alpha value is -2.65. The molecule has 1 saturated heterocycles. The van der Waals surface area contributed by atoms with Gasteiger partial charge < -0.3 is 25.4 Å². The lowest BCUT2D eigenvalue weighted by molar-refractivity contribution is -0.148. The molecule has 0 unspecified atom stereocenters. The highest BCUT2D eigenvalue weighted by Crippen LogP contribution is 2.28. The Kier molecular flexibility index (Phi) is 6.75. The molecule has 1 aliphatic rings. The van der Waals surface area contributed by atoms with Gasteiger partial charge in [-0.05, 0) is 23.6 Å². The minimum Gasteiger partial charge on any atom is -0.491 e. The Morgan fingerprint density at radius 1 is 1.30 bits per heavy atom. The third-order valence-electron chi connectivity index (χ3n) is 4.55. The molecule has 0 saturated carbocycles. The molecule has 4 atom stereocenters. The van der Waals surface area contributed by atoms with E-state index in [0.717, 1.165) is 4.90 Å². The van der Waals surface area contributed by atoms with Crippen molar-refractivity contribution in [1.82, 2.24) is 10.2 Å². The molecule has 1 aromatic rings.